The second kappa shape index (κ2) is 5.07. The molecule has 0 fully saturated rings. The monoisotopic (exact) mass is 261 g/mol. The van der Waals surface area contributed by atoms with Crippen molar-refractivity contribution in [2.24, 2.45) is 0 Å². The fourth-order valence-electron chi connectivity index (χ4n) is 1.48. The summed E-state index contributed by atoms with van der Waals surface area (Å²) in [6.07, 6.45) is 0. The number of halogens is 2. The Morgan fingerprint density at radius 2 is 1.94 bits per heavy atom. The molecule has 90 valence electrons. The highest BCUT2D eigenvalue weighted by Gasteiger charge is 2.09. The molecule has 0 saturated carbocycles. The average Bonchev–Trinajstić information content (AvgIpc) is 2.34. The fraction of sp³-hybridized carbons (Fsp3) is 0.0714. The van der Waals surface area contributed by atoms with Crippen LogP contribution in [0.5, 0.6) is 11.5 Å². The van der Waals surface area contributed by atoms with Gasteiger partial charge in [0.2, 0.25) is 0 Å². The number of rotatable bonds is 2. The van der Waals surface area contributed by atoms with Gasteiger partial charge < -0.3 is 4.74 Å². The van der Waals surface area contributed by atoms with E-state index in [-0.39, 0.29) is 11.5 Å². The maximum Gasteiger partial charge on any atom is 0.165 e. The molecule has 0 radical (unpaired) electrons. The van der Waals surface area contributed by atoms with Crippen LogP contribution in [0.4, 0.5) is 4.39 Å². The highest BCUT2D eigenvalue weighted by atomic mass is 35.5. The first-order chi connectivity index (χ1) is 8.60. The second-order valence-electron chi connectivity index (χ2n) is 3.79. The van der Waals surface area contributed by atoms with E-state index in [1.54, 1.807) is 18.2 Å². The van der Waals surface area contributed by atoms with E-state index in [9.17, 15) is 4.39 Å². The van der Waals surface area contributed by atoms with Crippen LogP contribution in [0.25, 0.3) is 0 Å². The van der Waals surface area contributed by atoms with E-state index in [1.807, 2.05) is 13.0 Å². The van der Waals surface area contributed by atoms with Crippen LogP contribution >= 0.6 is 11.6 Å². The molecule has 2 rings (SSSR count). The van der Waals surface area contributed by atoms with Crippen LogP contribution < -0.4 is 4.74 Å². The molecule has 0 aliphatic carbocycles. The zero-order chi connectivity index (χ0) is 13.1. The molecule has 0 saturated heterocycles. The van der Waals surface area contributed by atoms with Crippen LogP contribution in [0.2, 0.25) is 5.02 Å². The Kier molecular flexibility index (Phi) is 3.50. The first kappa shape index (κ1) is 12.4. The third-order valence-electron chi connectivity index (χ3n) is 2.37. The van der Waals surface area contributed by atoms with Crippen LogP contribution in [0.3, 0.4) is 0 Å². The van der Waals surface area contributed by atoms with Gasteiger partial charge in [0.25, 0.3) is 0 Å². The Morgan fingerprint density at radius 3 is 2.67 bits per heavy atom. The van der Waals surface area contributed by atoms with Crippen molar-refractivity contribution < 1.29 is 9.13 Å². The summed E-state index contributed by atoms with van der Waals surface area (Å²) in [6, 6.07) is 11.1. The number of nitriles is 1. The SMILES string of the molecule is Cc1ccc(F)c(Oc2cc(Cl)ccc2C#N)c1. The molecule has 4 heteroatoms. The Bertz CT molecular complexity index is 634. The van der Waals surface area contributed by atoms with Gasteiger partial charge in [-0.05, 0) is 36.8 Å². The molecule has 0 heterocycles. The highest BCUT2D eigenvalue weighted by Crippen LogP contribution is 2.30. The molecule has 2 aromatic rings. The largest absolute Gasteiger partial charge is 0.453 e. The number of hydrogen-bond acceptors (Lipinski definition) is 2. The molecule has 2 aromatic carbocycles. The number of aryl methyl sites for hydroxylation is 1. The summed E-state index contributed by atoms with van der Waals surface area (Å²) in [5.41, 5.74) is 1.17. The lowest BCUT2D eigenvalue weighted by atomic mass is 10.2. The lowest BCUT2D eigenvalue weighted by molar-refractivity contribution is 0.440. The van der Waals surface area contributed by atoms with Gasteiger partial charge >= 0.3 is 0 Å². The summed E-state index contributed by atoms with van der Waals surface area (Å²) in [7, 11) is 0. The van der Waals surface area contributed by atoms with Crippen LogP contribution in [0.1, 0.15) is 11.1 Å². The van der Waals surface area contributed by atoms with Crippen molar-refractivity contribution in [1.29, 1.82) is 5.26 Å². The van der Waals surface area contributed by atoms with Crippen molar-refractivity contribution in [3.8, 4) is 17.6 Å². The predicted molar refractivity (Wildman–Crippen MR) is 67.4 cm³/mol. The van der Waals surface area contributed by atoms with Crippen molar-refractivity contribution >= 4 is 11.6 Å². The molecule has 0 amide bonds. The van der Waals surface area contributed by atoms with E-state index in [2.05, 4.69) is 0 Å². The van der Waals surface area contributed by atoms with Gasteiger partial charge in [0.05, 0.1) is 5.56 Å². The normalized spacial score (nSPS) is 9.89. The van der Waals surface area contributed by atoms with Crippen LogP contribution in [-0.2, 0) is 0 Å². The lowest BCUT2D eigenvalue weighted by Gasteiger charge is -2.09. The number of benzene rings is 2. The van der Waals surface area contributed by atoms with Gasteiger partial charge in [0.1, 0.15) is 11.8 Å². The van der Waals surface area contributed by atoms with E-state index in [4.69, 9.17) is 21.6 Å². The van der Waals surface area contributed by atoms with Crippen molar-refractivity contribution in [3.63, 3.8) is 0 Å². The van der Waals surface area contributed by atoms with Crippen molar-refractivity contribution in [1.82, 2.24) is 0 Å². The van der Waals surface area contributed by atoms with Crippen LogP contribution in [0.15, 0.2) is 36.4 Å². The molecule has 0 bridgehead atoms. The number of ether oxygens (including phenoxy) is 1. The highest BCUT2D eigenvalue weighted by molar-refractivity contribution is 6.30. The Hall–Kier alpha value is -2.05. The summed E-state index contributed by atoms with van der Waals surface area (Å²) >= 11 is 5.83. The van der Waals surface area contributed by atoms with Gasteiger partial charge in [-0.2, -0.15) is 5.26 Å². The summed E-state index contributed by atoms with van der Waals surface area (Å²) in [5, 5.41) is 9.37. The average molecular weight is 262 g/mol. The van der Waals surface area contributed by atoms with Crippen molar-refractivity contribution in [2.75, 3.05) is 0 Å². The lowest BCUT2D eigenvalue weighted by Crippen LogP contribution is -1.92. The summed E-state index contributed by atoms with van der Waals surface area (Å²) < 4.78 is 19.0. The molecule has 18 heavy (non-hydrogen) atoms. The zero-order valence-electron chi connectivity index (χ0n) is 9.58. The molecule has 0 spiro atoms. The standard InChI is InChI=1S/C14H9ClFNO/c1-9-2-5-12(16)14(6-9)18-13-7-11(15)4-3-10(13)8-17/h2-7H,1H3. The zero-order valence-corrected chi connectivity index (χ0v) is 10.3. The molecule has 0 atom stereocenters. The van der Waals surface area contributed by atoms with Crippen molar-refractivity contribution in [3.05, 3.63) is 58.4 Å². The van der Waals surface area contributed by atoms with Gasteiger partial charge in [-0.15, -0.1) is 0 Å². The number of hydrogen-bond donors (Lipinski definition) is 0. The van der Waals surface area contributed by atoms with E-state index in [0.29, 0.717) is 10.6 Å². The topological polar surface area (TPSA) is 33.0 Å². The second-order valence-corrected chi connectivity index (χ2v) is 4.22. The minimum absolute atomic E-state index is 0.0776. The van der Waals surface area contributed by atoms with Crippen LogP contribution in [0, 0.1) is 24.1 Å². The van der Waals surface area contributed by atoms with Gasteiger partial charge in [-0.25, -0.2) is 4.39 Å². The van der Waals surface area contributed by atoms with Crippen molar-refractivity contribution in [2.45, 2.75) is 6.92 Å². The third-order valence-corrected chi connectivity index (χ3v) is 2.61. The van der Waals surface area contributed by atoms with Gasteiger partial charge in [0.15, 0.2) is 11.6 Å². The Labute approximate surface area is 109 Å². The Morgan fingerprint density at radius 1 is 1.17 bits per heavy atom. The predicted octanol–water partition coefficient (Wildman–Crippen LogP) is 4.45. The Balaban J connectivity index is 2.43. The summed E-state index contributed by atoms with van der Waals surface area (Å²) in [5.74, 6) is -0.160. The minimum Gasteiger partial charge on any atom is -0.453 e. The smallest absolute Gasteiger partial charge is 0.165 e. The molecular formula is C14H9ClFNO. The fourth-order valence-corrected chi connectivity index (χ4v) is 1.64. The maximum absolute atomic E-state index is 13.6. The summed E-state index contributed by atoms with van der Waals surface area (Å²) in [4.78, 5) is 0. The van der Waals surface area contributed by atoms with Gasteiger partial charge in [-0.1, -0.05) is 17.7 Å². The molecular weight excluding hydrogens is 253 g/mol. The molecule has 0 aliphatic heterocycles. The first-order valence-electron chi connectivity index (χ1n) is 5.24. The maximum atomic E-state index is 13.6. The molecule has 0 N–H and O–H groups in total. The van der Waals surface area contributed by atoms with Gasteiger partial charge in [0, 0.05) is 11.1 Å². The molecule has 0 aliphatic rings. The van der Waals surface area contributed by atoms with Gasteiger partial charge in [-0.3, -0.25) is 0 Å². The quantitative estimate of drug-likeness (QED) is 0.800. The first-order valence-corrected chi connectivity index (χ1v) is 5.61. The van der Waals surface area contributed by atoms with E-state index in [0.717, 1.165) is 5.56 Å². The molecule has 0 aromatic heterocycles. The van der Waals surface area contributed by atoms with E-state index < -0.39 is 5.82 Å². The molecule has 2 nitrogen and oxygen atoms in total. The summed E-state index contributed by atoms with van der Waals surface area (Å²) in [6.45, 7) is 1.83. The third kappa shape index (κ3) is 2.61. The minimum atomic E-state index is -0.482. The van der Waals surface area contributed by atoms with E-state index in [1.165, 1.54) is 18.2 Å². The number of nitrogens with zero attached hydrogens (tertiary/aromatic N) is 1. The van der Waals surface area contributed by atoms with E-state index >= 15 is 0 Å². The van der Waals surface area contributed by atoms with Crippen LogP contribution in [-0.4, -0.2) is 0 Å². The molecule has 0 unspecified atom stereocenters.